The second-order valence-electron chi connectivity index (χ2n) is 3.62. The van der Waals surface area contributed by atoms with Crippen LogP contribution in [-0.2, 0) is 14.8 Å². The van der Waals surface area contributed by atoms with Crippen molar-refractivity contribution in [2.75, 3.05) is 11.3 Å². The minimum atomic E-state index is -4.70. The van der Waals surface area contributed by atoms with Crippen LogP contribution in [0.1, 0.15) is 23.7 Å². The summed E-state index contributed by atoms with van der Waals surface area (Å²) in [7, 11) is -4.70. The van der Waals surface area contributed by atoms with Crippen LogP contribution in [0.25, 0.3) is 0 Å². The van der Waals surface area contributed by atoms with E-state index < -0.39 is 21.8 Å². The first-order valence-corrected chi connectivity index (χ1v) is 6.98. The third-order valence-electron chi connectivity index (χ3n) is 2.05. The van der Waals surface area contributed by atoms with Crippen LogP contribution >= 0.6 is 0 Å². The molecule has 1 N–H and O–H groups in total. The Kier molecular flexibility index (Phi) is 5.22. The molecule has 0 heterocycles. The molecule has 0 atom stereocenters. The number of benzene rings is 1. The van der Waals surface area contributed by atoms with E-state index in [4.69, 9.17) is 4.74 Å². The number of carbonyl (C=O) groups excluding carboxylic acids is 1. The number of hydrogen-bond donors (Lipinski definition) is 1. The van der Waals surface area contributed by atoms with Crippen molar-refractivity contribution >= 4 is 21.7 Å². The molecule has 1 aromatic carbocycles. The lowest BCUT2D eigenvalue weighted by atomic mass is 10.2. The van der Waals surface area contributed by atoms with Gasteiger partial charge in [0.2, 0.25) is 0 Å². The lowest BCUT2D eigenvalue weighted by molar-refractivity contribution is 0.0505. The quantitative estimate of drug-likeness (QED) is 0.816. The van der Waals surface area contributed by atoms with Crippen LogP contribution in [0.4, 0.5) is 14.5 Å². The maximum Gasteiger partial charge on any atom is 0.355 e. The molecule has 0 saturated carbocycles. The standard InChI is InChI=1S/C11H13F2NO4S/c1-2-7-18-10(15)8-3-5-9(6-4-8)14-19(16,17)11(12)13/h3-6,11,14H,2,7H2,1H3. The van der Waals surface area contributed by atoms with E-state index in [-0.39, 0.29) is 17.9 Å². The van der Waals surface area contributed by atoms with Gasteiger partial charge in [0.05, 0.1) is 12.2 Å². The van der Waals surface area contributed by atoms with Crippen LogP contribution in [0.15, 0.2) is 24.3 Å². The molecule has 0 aliphatic rings. The number of carbonyl (C=O) groups is 1. The van der Waals surface area contributed by atoms with Gasteiger partial charge < -0.3 is 4.74 Å². The fraction of sp³-hybridized carbons (Fsp3) is 0.364. The van der Waals surface area contributed by atoms with Gasteiger partial charge in [-0.1, -0.05) is 6.92 Å². The zero-order chi connectivity index (χ0) is 14.5. The van der Waals surface area contributed by atoms with E-state index in [1.54, 1.807) is 4.72 Å². The molecule has 0 fully saturated rings. The summed E-state index contributed by atoms with van der Waals surface area (Å²) in [6.45, 7) is 2.12. The lowest BCUT2D eigenvalue weighted by Crippen LogP contribution is -2.20. The van der Waals surface area contributed by atoms with Crippen molar-refractivity contribution < 1.29 is 26.7 Å². The number of halogens is 2. The fourth-order valence-corrected chi connectivity index (χ4v) is 1.71. The van der Waals surface area contributed by atoms with Gasteiger partial charge in [0.15, 0.2) is 0 Å². The molecule has 1 aromatic rings. The number of esters is 1. The van der Waals surface area contributed by atoms with Crippen LogP contribution in [0.2, 0.25) is 0 Å². The Balaban J connectivity index is 2.75. The minimum Gasteiger partial charge on any atom is -0.462 e. The third-order valence-corrected chi connectivity index (χ3v) is 3.04. The second kappa shape index (κ2) is 6.46. The SMILES string of the molecule is CCCOC(=O)c1ccc(NS(=O)(=O)C(F)F)cc1. The van der Waals surface area contributed by atoms with Crippen LogP contribution in [0.3, 0.4) is 0 Å². The summed E-state index contributed by atoms with van der Waals surface area (Å²) in [5.74, 6) is -4.06. The molecule has 1 rings (SSSR count). The van der Waals surface area contributed by atoms with Crippen LogP contribution in [0, 0.1) is 0 Å². The van der Waals surface area contributed by atoms with Crippen LogP contribution in [-0.4, -0.2) is 26.8 Å². The Morgan fingerprint density at radius 2 is 1.89 bits per heavy atom. The number of ether oxygens (including phenoxy) is 1. The average Bonchev–Trinajstić information content (AvgIpc) is 2.36. The van der Waals surface area contributed by atoms with E-state index in [1.165, 1.54) is 24.3 Å². The molecule has 0 amide bonds. The van der Waals surface area contributed by atoms with Gasteiger partial charge in [0, 0.05) is 5.69 Å². The fourth-order valence-electron chi connectivity index (χ4n) is 1.16. The van der Waals surface area contributed by atoms with E-state index in [0.717, 1.165) is 0 Å². The summed E-state index contributed by atoms with van der Waals surface area (Å²) >= 11 is 0. The predicted molar refractivity (Wildman–Crippen MR) is 65.6 cm³/mol. The highest BCUT2D eigenvalue weighted by Gasteiger charge is 2.23. The number of nitrogens with one attached hydrogen (secondary N) is 1. The number of alkyl halides is 2. The molecule has 0 saturated heterocycles. The summed E-state index contributed by atoms with van der Waals surface area (Å²) < 4.78 is 52.6. The van der Waals surface area contributed by atoms with E-state index >= 15 is 0 Å². The molecular formula is C11H13F2NO4S. The Morgan fingerprint density at radius 1 is 1.32 bits per heavy atom. The Hall–Kier alpha value is -1.70. The number of rotatable bonds is 6. The van der Waals surface area contributed by atoms with E-state index in [1.807, 2.05) is 6.92 Å². The molecule has 0 aromatic heterocycles. The van der Waals surface area contributed by atoms with Gasteiger partial charge in [-0.05, 0) is 30.7 Å². The van der Waals surface area contributed by atoms with Gasteiger partial charge >= 0.3 is 11.7 Å². The highest BCUT2D eigenvalue weighted by molar-refractivity contribution is 7.93. The van der Waals surface area contributed by atoms with E-state index in [9.17, 15) is 22.0 Å². The molecular weight excluding hydrogens is 280 g/mol. The Morgan fingerprint density at radius 3 is 2.37 bits per heavy atom. The molecule has 0 aliphatic heterocycles. The predicted octanol–water partition coefficient (Wildman–Crippen LogP) is 2.22. The van der Waals surface area contributed by atoms with Crippen molar-refractivity contribution in [1.29, 1.82) is 0 Å². The maximum absolute atomic E-state index is 12.1. The molecule has 0 radical (unpaired) electrons. The van der Waals surface area contributed by atoms with Crippen molar-refractivity contribution in [2.24, 2.45) is 0 Å². The third kappa shape index (κ3) is 4.47. The molecule has 19 heavy (non-hydrogen) atoms. The first-order valence-electron chi connectivity index (χ1n) is 5.43. The zero-order valence-electron chi connectivity index (χ0n) is 10.1. The van der Waals surface area contributed by atoms with Crippen molar-refractivity contribution in [3.63, 3.8) is 0 Å². The Labute approximate surface area is 109 Å². The molecule has 106 valence electrons. The van der Waals surface area contributed by atoms with Crippen molar-refractivity contribution in [1.82, 2.24) is 0 Å². The molecule has 0 spiro atoms. The van der Waals surface area contributed by atoms with Gasteiger partial charge in [0.25, 0.3) is 10.0 Å². The highest BCUT2D eigenvalue weighted by atomic mass is 32.2. The van der Waals surface area contributed by atoms with Crippen molar-refractivity contribution in [2.45, 2.75) is 19.1 Å². The van der Waals surface area contributed by atoms with Crippen molar-refractivity contribution in [3.05, 3.63) is 29.8 Å². The normalized spacial score (nSPS) is 11.4. The minimum absolute atomic E-state index is 0.0488. The first-order chi connectivity index (χ1) is 8.86. The average molecular weight is 293 g/mol. The monoisotopic (exact) mass is 293 g/mol. The highest BCUT2D eigenvalue weighted by Crippen LogP contribution is 2.15. The van der Waals surface area contributed by atoms with E-state index in [2.05, 4.69) is 0 Å². The number of sulfonamides is 1. The summed E-state index contributed by atoms with van der Waals surface area (Å²) in [4.78, 5) is 11.4. The lowest BCUT2D eigenvalue weighted by Gasteiger charge is -2.07. The second-order valence-corrected chi connectivity index (χ2v) is 5.27. The topological polar surface area (TPSA) is 72.5 Å². The summed E-state index contributed by atoms with van der Waals surface area (Å²) in [6.07, 6.45) is 0.679. The first kappa shape index (κ1) is 15.4. The summed E-state index contributed by atoms with van der Waals surface area (Å²) in [6, 6.07) is 5.01. The number of hydrogen-bond acceptors (Lipinski definition) is 4. The maximum atomic E-state index is 12.1. The largest absolute Gasteiger partial charge is 0.462 e. The zero-order valence-corrected chi connectivity index (χ0v) is 10.9. The van der Waals surface area contributed by atoms with Gasteiger partial charge in [0.1, 0.15) is 0 Å². The number of anilines is 1. The Bertz CT molecular complexity index is 528. The van der Waals surface area contributed by atoms with Crippen molar-refractivity contribution in [3.8, 4) is 0 Å². The van der Waals surface area contributed by atoms with E-state index in [0.29, 0.717) is 6.42 Å². The van der Waals surface area contributed by atoms with Crippen LogP contribution in [0.5, 0.6) is 0 Å². The molecule has 0 bridgehead atoms. The van der Waals surface area contributed by atoms with Gasteiger partial charge in [-0.15, -0.1) is 0 Å². The molecule has 8 heteroatoms. The molecule has 0 aliphatic carbocycles. The molecule has 0 unspecified atom stereocenters. The van der Waals surface area contributed by atoms with Gasteiger partial charge in [-0.2, -0.15) is 8.78 Å². The van der Waals surface area contributed by atoms with Crippen LogP contribution < -0.4 is 4.72 Å². The van der Waals surface area contributed by atoms with Gasteiger partial charge in [-0.25, -0.2) is 13.2 Å². The van der Waals surface area contributed by atoms with Gasteiger partial charge in [-0.3, -0.25) is 4.72 Å². The summed E-state index contributed by atoms with van der Waals surface area (Å²) in [5, 5.41) is 0. The molecule has 5 nitrogen and oxygen atoms in total. The summed E-state index contributed by atoms with van der Waals surface area (Å²) in [5.41, 5.74) is 0.167. The smallest absolute Gasteiger partial charge is 0.355 e.